The number of hydrogen-bond acceptors (Lipinski definition) is 6. The SMILES string of the molecule is COC(=O)c1ccc(N2C(=O)C(Cl)=C(Nc3cccc(C(=O)Nc4ccccc4C)c3)C2=O)cc1. The van der Waals surface area contributed by atoms with E-state index in [4.69, 9.17) is 11.6 Å². The molecule has 3 amide bonds. The van der Waals surface area contributed by atoms with E-state index in [0.717, 1.165) is 10.5 Å². The van der Waals surface area contributed by atoms with Gasteiger partial charge < -0.3 is 15.4 Å². The van der Waals surface area contributed by atoms with E-state index in [-0.39, 0.29) is 27.9 Å². The highest BCUT2D eigenvalue weighted by Crippen LogP contribution is 2.30. The molecular weight excluding hydrogens is 470 g/mol. The topological polar surface area (TPSA) is 105 Å². The van der Waals surface area contributed by atoms with Crippen LogP contribution in [0.2, 0.25) is 0 Å². The van der Waals surface area contributed by atoms with Crippen LogP contribution in [0, 0.1) is 6.92 Å². The number of aryl methyl sites for hydroxylation is 1. The second-order valence-electron chi connectivity index (χ2n) is 7.65. The number of carbonyl (C=O) groups excluding carboxylic acids is 4. The lowest BCUT2D eigenvalue weighted by atomic mass is 10.1. The molecule has 0 aromatic heterocycles. The third kappa shape index (κ3) is 4.78. The van der Waals surface area contributed by atoms with Gasteiger partial charge in [0, 0.05) is 16.9 Å². The van der Waals surface area contributed by atoms with E-state index < -0.39 is 17.8 Å². The van der Waals surface area contributed by atoms with E-state index in [1.807, 2.05) is 25.1 Å². The van der Waals surface area contributed by atoms with E-state index in [1.165, 1.54) is 31.4 Å². The second-order valence-corrected chi connectivity index (χ2v) is 8.03. The fraction of sp³-hybridized carbons (Fsp3) is 0.0769. The summed E-state index contributed by atoms with van der Waals surface area (Å²) in [5.41, 5.74) is 2.75. The van der Waals surface area contributed by atoms with Crippen molar-refractivity contribution < 1.29 is 23.9 Å². The van der Waals surface area contributed by atoms with Gasteiger partial charge in [0.15, 0.2) is 0 Å². The largest absolute Gasteiger partial charge is 0.465 e. The molecule has 0 atom stereocenters. The van der Waals surface area contributed by atoms with E-state index in [9.17, 15) is 19.2 Å². The predicted octanol–water partition coefficient (Wildman–Crippen LogP) is 4.47. The van der Waals surface area contributed by atoms with Crippen molar-refractivity contribution in [1.82, 2.24) is 0 Å². The molecule has 8 nitrogen and oxygen atoms in total. The highest BCUT2D eigenvalue weighted by molar-refractivity contribution is 6.53. The Hall–Kier alpha value is -4.43. The fourth-order valence-corrected chi connectivity index (χ4v) is 3.71. The zero-order chi connectivity index (χ0) is 25.1. The van der Waals surface area contributed by atoms with Crippen molar-refractivity contribution in [2.24, 2.45) is 0 Å². The van der Waals surface area contributed by atoms with Crippen LogP contribution in [0.15, 0.2) is 83.5 Å². The molecule has 0 aliphatic carbocycles. The van der Waals surface area contributed by atoms with Gasteiger partial charge in [-0.15, -0.1) is 0 Å². The quantitative estimate of drug-likeness (QED) is 0.391. The van der Waals surface area contributed by atoms with Crippen LogP contribution in [0.5, 0.6) is 0 Å². The maximum absolute atomic E-state index is 13.0. The van der Waals surface area contributed by atoms with Gasteiger partial charge in [0.2, 0.25) is 0 Å². The molecule has 3 aromatic carbocycles. The molecule has 9 heteroatoms. The first-order chi connectivity index (χ1) is 16.8. The minimum atomic E-state index is -0.710. The fourth-order valence-electron chi connectivity index (χ4n) is 3.50. The monoisotopic (exact) mass is 489 g/mol. The van der Waals surface area contributed by atoms with Crippen LogP contribution in [-0.4, -0.2) is 30.8 Å². The molecule has 0 spiro atoms. The van der Waals surface area contributed by atoms with Crippen molar-refractivity contribution in [2.45, 2.75) is 6.92 Å². The number of carbonyl (C=O) groups is 4. The Labute approximate surface area is 206 Å². The zero-order valence-corrected chi connectivity index (χ0v) is 19.6. The first-order valence-corrected chi connectivity index (χ1v) is 10.9. The van der Waals surface area contributed by atoms with Crippen molar-refractivity contribution in [3.05, 3.63) is 100 Å². The molecule has 4 rings (SSSR count). The number of benzene rings is 3. The van der Waals surface area contributed by atoms with Gasteiger partial charge in [0.05, 0.1) is 18.4 Å². The Balaban J connectivity index is 1.53. The average molecular weight is 490 g/mol. The van der Waals surface area contributed by atoms with Crippen molar-refractivity contribution in [3.63, 3.8) is 0 Å². The van der Waals surface area contributed by atoms with Crippen LogP contribution in [-0.2, 0) is 14.3 Å². The summed E-state index contributed by atoms with van der Waals surface area (Å²) >= 11 is 6.20. The Morgan fingerprint density at radius 1 is 0.886 bits per heavy atom. The summed E-state index contributed by atoms with van der Waals surface area (Å²) in [6.07, 6.45) is 0. The summed E-state index contributed by atoms with van der Waals surface area (Å²) in [7, 11) is 1.26. The molecule has 35 heavy (non-hydrogen) atoms. The van der Waals surface area contributed by atoms with Gasteiger partial charge in [-0.05, 0) is 61.0 Å². The Morgan fingerprint density at radius 2 is 1.60 bits per heavy atom. The van der Waals surface area contributed by atoms with Gasteiger partial charge >= 0.3 is 5.97 Å². The maximum Gasteiger partial charge on any atom is 0.337 e. The number of imide groups is 1. The van der Waals surface area contributed by atoms with E-state index >= 15 is 0 Å². The van der Waals surface area contributed by atoms with E-state index in [2.05, 4.69) is 15.4 Å². The number of amides is 3. The van der Waals surface area contributed by atoms with Crippen molar-refractivity contribution in [1.29, 1.82) is 0 Å². The van der Waals surface area contributed by atoms with Crippen LogP contribution in [0.25, 0.3) is 0 Å². The number of nitrogens with one attached hydrogen (secondary N) is 2. The highest BCUT2D eigenvalue weighted by atomic mass is 35.5. The summed E-state index contributed by atoms with van der Waals surface area (Å²) in [5.74, 6) is -2.25. The number of para-hydroxylation sites is 1. The Morgan fingerprint density at radius 3 is 2.29 bits per heavy atom. The van der Waals surface area contributed by atoms with Crippen molar-refractivity contribution >= 4 is 52.4 Å². The minimum Gasteiger partial charge on any atom is -0.465 e. The van der Waals surface area contributed by atoms with Gasteiger partial charge in [-0.25, -0.2) is 9.69 Å². The summed E-state index contributed by atoms with van der Waals surface area (Å²) in [6, 6.07) is 19.7. The Kier molecular flexibility index (Phi) is 6.66. The number of hydrogen-bond donors (Lipinski definition) is 2. The van der Waals surface area contributed by atoms with Crippen LogP contribution < -0.4 is 15.5 Å². The normalized spacial score (nSPS) is 13.2. The highest BCUT2D eigenvalue weighted by Gasteiger charge is 2.39. The lowest BCUT2D eigenvalue weighted by Gasteiger charge is -2.15. The first-order valence-electron chi connectivity index (χ1n) is 10.5. The molecule has 3 aromatic rings. The van der Waals surface area contributed by atoms with Gasteiger partial charge in [-0.3, -0.25) is 14.4 Å². The van der Waals surface area contributed by atoms with Gasteiger partial charge in [0.1, 0.15) is 10.7 Å². The zero-order valence-electron chi connectivity index (χ0n) is 18.8. The molecule has 0 bridgehead atoms. The summed E-state index contributed by atoms with van der Waals surface area (Å²) in [6.45, 7) is 1.89. The minimum absolute atomic E-state index is 0.120. The molecule has 0 radical (unpaired) electrons. The number of methoxy groups -OCH3 is 1. The van der Waals surface area contributed by atoms with Gasteiger partial charge in [-0.1, -0.05) is 35.9 Å². The molecular formula is C26H20ClN3O5. The number of anilines is 3. The molecule has 2 N–H and O–H groups in total. The van der Waals surface area contributed by atoms with Gasteiger partial charge in [-0.2, -0.15) is 0 Å². The number of ether oxygens (including phenoxy) is 1. The summed E-state index contributed by atoms with van der Waals surface area (Å²) < 4.78 is 4.66. The molecule has 0 unspecified atom stereocenters. The van der Waals surface area contributed by atoms with E-state index in [0.29, 0.717) is 16.9 Å². The number of rotatable bonds is 6. The molecule has 176 valence electrons. The summed E-state index contributed by atoms with van der Waals surface area (Å²) in [5, 5.41) is 5.42. The molecule has 1 heterocycles. The molecule has 0 saturated carbocycles. The Bertz CT molecular complexity index is 1380. The standard InChI is InChI=1S/C26H20ClN3O5/c1-15-6-3-4-9-20(15)29-23(31)17-7-5-8-18(14-17)28-22-21(27)24(32)30(25(22)33)19-12-10-16(11-13-19)26(34)35-2/h3-14,28H,1-2H3,(H,29,31). The van der Waals surface area contributed by atoms with E-state index in [1.54, 1.807) is 30.3 Å². The number of esters is 1. The third-order valence-electron chi connectivity index (χ3n) is 5.36. The average Bonchev–Trinajstić information content (AvgIpc) is 3.08. The lowest BCUT2D eigenvalue weighted by molar-refractivity contribution is -0.120. The third-order valence-corrected chi connectivity index (χ3v) is 5.71. The maximum atomic E-state index is 13.0. The van der Waals surface area contributed by atoms with Crippen LogP contribution in [0.3, 0.4) is 0 Å². The van der Waals surface area contributed by atoms with Crippen LogP contribution in [0.4, 0.5) is 17.1 Å². The molecule has 1 aliphatic rings. The second kappa shape index (κ2) is 9.82. The number of nitrogens with zero attached hydrogens (tertiary/aromatic N) is 1. The number of halogens is 1. The summed E-state index contributed by atoms with van der Waals surface area (Å²) in [4.78, 5) is 51.0. The predicted molar refractivity (Wildman–Crippen MR) is 132 cm³/mol. The molecule has 0 saturated heterocycles. The smallest absolute Gasteiger partial charge is 0.337 e. The van der Waals surface area contributed by atoms with Crippen molar-refractivity contribution in [3.8, 4) is 0 Å². The van der Waals surface area contributed by atoms with Crippen LogP contribution in [0.1, 0.15) is 26.3 Å². The first kappa shape index (κ1) is 23.7. The van der Waals surface area contributed by atoms with Crippen LogP contribution >= 0.6 is 11.6 Å². The van der Waals surface area contributed by atoms with Crippen molar-refractivity contribution in [2.75, 3.05) is 22.6 Å². The molecule has 1 aliphatic heterocycles. The van der Waals surface area contributed by atoms with Gasteiger partial charge in [0.25, 0.3) is 17.7 Å². The molecule has 0 fully saturated rings. The lowest BCUT2D eigenvalue weighted by Crippen LogP contribution is -2.32.